The first-order chi connectivity index (χ1) is 11.1. The van der Waals surface area contributed by atoms with Crippen LogP contribution in [0, 0.1) is 23.7 Å². The summed E-state index contributed by atoms with van der Waals surface area (Å²) < 4.78 is 6.15. The number of rotatable bonds is 3. The van der Waals surface area contributed by atoms with Crippen molar-refractivity contribution < 1.29 is 14.3 Å². The van der Waals surface area contributed by atoms with E-state index in [1.807, 2.05) is 12.1 Å². The quantitative estimate of drug-likeness (QED) is 0.464. The summed E-state index contributed by atoms with van der Waals surface area (Å²) in [6, 6.07) is 5.49. The third-order valence-corrected chi connectivity index (χ3v) is 5.44. The molecule has 0 aromatic heterocycles. The Bertz CT molecular complexity index is 728. The molecule has 2 bridgehead atoms. The summed E-state index contributed by atoms with van der Waals surface area (Å²) in [5.74, 6) is 0.226. The van der Waals surface area contributed by atoms with Gasteiger partial charge in [-0.3, -0.25) is 9.59 Å². The van der Waals surface area contributed by atoms with Crippen LogP contribution in [0.1, 0.15) is 12.0 Å². The highest BCUT2D eigenvalue weighted by molar-refractivity contribution is 9.10. The number of hydrazone groups is 1. The number of ether oxygens (including phenoxy) is 1. The second kappa shape index (κ2) is 5.30. The smallest absolute Gasteiger partial charge is 0.254 e. The Morgan fingerprint density at radius 3 is 2.48 bits per heavy atom. The molecule has 1 aliphatic heterocycles. The van der Waals surface area contributed by atoms with E-state index in [1.54, 1.807) is 13.2 Å². The lowest BCUT2D eigenvalue weighted by molar-refractivity contribution is -0.140. The second-order valence-corrected chi connectivity index (χ2v) is 7.03. The average molecular weight is 375 g/mol. The summed E-state index contributed by atoms with van der Waals surface area (Å²) >= 11 is 3.39. The van der Waals surface area contributed by atoms with Gasteiger partial charge in [0.2, 0.25) is 0 Å². The minimum atomic E-state index is -0.223. The van der Waals surface area contributed by atoms with Crippen molar-refractivity contribution in [2.24, 2.45) is 28.8 Å². The molecule has 6 heteroatoms. The van der Waals surface area contributed by atoms with Gasteiger partial charge in [0.05, 0.1) is 25.2 Å². The van der Waals surface area contributed by atoms with Crippen molar-refractivity contribution in [3.8, 4) is 5.75 Å². The molecule has 1 saturated carbocycles. The number of benzene rings is 1. The van der Waals surface area contributed by atoms with E-state index in [1.165, 1.54) is 6.21 Å². The van der Waals surface area contributed by atoms with Crippen LogP contribution in [0.15, 0.2) is 39.9 Å². The van der Waals surface area contributed by atoms with E-state index in [2.05, 4.69) is 33.2 Å². The molecule has 2 amide bonds. The number of methoxy groups -OCH3 is 1. The van der Waals surface area contributed by atoms with Crippen molar-refractivity contribution in [2.75, 3.05) is 7.11 Å². The molecule has 0 unspecified atom stereocenters. The zero-order valence-electron chi connectivity index (χ0n) is 12.5. The maximum Gasteiger partial charge on any atom is 0.254 e. The highest BCUT2D eigenvalue weighted by Crippen LogP contribution is 2.52. The summed E-state index contributed by atoms with van der Waals surface area (Å²) in [5, 5.41) is 5.21. The fraction of sp³-hybridized carbons (Fsp3) is 0.353. The van der Waals surface area contributed by atoms with Gasteiger partial charge in [-0.2, -0.15) is 10.1 Å². The zero-order chi connectivity index (χ0) is 16.1. The topological polar surface area (TPSA) is 59.0 Å². The molecule has 5 nitrogen and oxygen atoms in total. The Morgan fingerprint density at radius 1 is 1.22 bits per heavy atom. The average Bonchev–Trinajstić information content (AvgIpc) is 3.21. The van der Waals surface area contributed by atoms with E-state index in [9.17, 15) is 9.59 Å². The fourth-order valence-electron chi connectivity index (χ4n) is 3.93. The fourth-order valence-corrected chi connectivity index (χ4v) is 4.31. The molecule has 2 fully saturated rings. The molecule has 4 atom stereocenters. The number of amides is 2. The number of allylic oxidation sites excluding steroid dienone is 2. The molecule has 1 aromatic rings. The molecular formula is C17H15BrN2O3. The maximum atomic E-state index is 12.5. The Balaban J connectivity index is 1.62. The first-order valence-corrected chi connectivity index (χ1v) is 8.33. The third-order valence-electron chi connectivity index (χ3n) is 4.95. The van der Waals surface area contributed by atoms with Crippen LogP contribution in [0.3, 0.4) is 0 Å². The largest absolute Gasteiger partial charge is 0.496 e. The molecule has 118 valence electrons. The lowest BCUT2D eigenvalue weighted by Crippen LogP contribution is -2.28. The van der Waals surface area contributed by atoms with Crippen LogP contribution in [0.25, 0.3) is 0 Å². The number of halogens is 1. The van der Waals surface area contributed by atoms with Crippen LogP contribution in [-0.2, 0) is 9.59 Å². The van der Waals surface area contributed by atoms with Crippen LogP contribution >= 0.6 is 15.9 Å². The van der Waals surface area contributed by atoms with Gasteiger partial charge in [0, 0.05) is 10.0 Å². The molecule has 2 aliphatic carbocycles. The summed E-state index contributed by atoms with van der Waals surface area (Å²) in [5.41, 5.74) is 0.709. The van der Waals surface area contributed by atoms with Gasteiger partial charge in [0.1, 0.15) is 5.75 Å². The predicted molar refractivity (Wildman–Crippen MR) is 87.9 cm³/mol. The summed E-state index contributed by atoms with van der Waals surface area (Å²) in [6.45, 7) is 0. The molecule has 0 radical (unpaired) electrons. The van der Waals surface area contributed by atoms with E-state index in [0.29, 0.717) is 11.3 Å². The van der Waals surface area contributed by atoms with E-state index in [4.69, 9.17) is 4.74 Å². The number of hydrogen-bond acceptors (Lipinski definition) is 4. The van der Waals surface area contributed by atoms with Crippen molar-refractivity contribution in [3.63, 3.8) is 0 Å². The van der Waals surface area contributed by atoms with Gasteiger partial charge in [0.25, 0.3) is 11.8 Å². The summed E-state index contributed by atoms with van der Waals surface area (Å²) in [4.78, 5) is 25.1. The number of nitrogens with zero attached hydrogens (tertiary/aromatic N) is 2. The highest BCUT2D eigenvalue weighted by Gasteiger charge is 2.59. The molecule has 4 rings (SSSR count). The zero-order valence-corrected chi connectivity index (χ0v) is 14.1. The minimum absolute atomic E-state index is 0.179. The predicted octanol–water partition coefficient (Wildman–Crippen LogP) is 2.60. The molecule has 1 aromatic carbocycles. The van der Waals surface area contributed by atoms with Crippen LogP contribution in [0.2, 0.25) is 0 Å². The monoisotopic (exact) mass is 374 g/mol. The first-order valence-electron chi connectivity index (χ1n) is 7.54. The third kappa shape index (κ3) is 2.16. The summed E-state index contributed by atoms with van der Waals surface area (Å²) in [6.07, 6.45) is 6.57. The van der Waals surface area contributed by atoms with Gasteiger partial charge >= 0.3 is 0 Å². The van der Waals surface area contributed by atoms with Gasteiger partial charge < -0.3 is 4.74 Å². The number of carbonyl (C=O) groups is 2. The second-order valence-electron chi connectivity index (χ2n) is 6.12. The SMILES string of the molecule is COc1ccc(Br)cc1C=NN1C(=O)[C@@H]2[C@H](C1=O)[C@H]1C=C[C@H]2C1. The van der Waals surface area contributed by atoms with Gasteiger partial charge in [0.15, 0.2) is 0 Å². The van der Waals surface area contributed by atoms with Gasteiger partial charge in [-0.1, -0.05) is 28.1 Å². The van der Waals surface area contributed by atoms with E-state index in [0.717, 1.165) is 15.9 Å². The molecule has 0 spiro atoms. The van der Waals surface area contributed by atoms with Gasteiger partial charge in [-0.05, 0) is 36.5 Å². The number of hydrogen-bond donors (Lipinski definition) is 0. The highest BCUT2D eigenvalue weighted by atomic mass is 79.9. The van der Waals surface area contributed by atoms with Crippen molar-refractivity contribution in [2.45, 2.75) is 6.42 Å². The van der Waals surface area contributed by atoms with Crippen LogP contribution < -0.4 is 4.74 Å². The molecule has 1 saturated heterocycles. The van der Waals surface area contributed by atoms with Crippen molar-refractivity contribution in [1.82, 2.24) is 5.01 Å². The number of fused-ring (bicyclic) bond motifs is 5. The van der Waals surface area contributed by atoms with E-state index < -0.39 is 0 Å². The summed E-state index contributed by atoms with van der Waals surface area (Å²) in [7, 11) is 1.57. The van der Waals surface area contributed by atoms with Crippen LogP contribution in [0.4, 0.5) is 0 Å². The van der Waals surface area contributed by atoms with Crippen molar-refractivity contribution in [3.05, 3.63) is 40.4 Å². The Labute approximate surface area is 142 Å². The molecule has 0 N–H and O–H groups in total. The lowest BCUT2D eigenvalue weighted by Gasteiger charge is -2.13. The number of imide groups is 1. The maximum absolute atomic E-state index is 12.5. The number of carbonyl (C=O) groups excluding carboxylic acids is 2. The lowest BCUT2D eigenvalue weighted by atomic mass is 9.85. The van der Waals surface area contributed by atoms with Crippen molar-refractivity contribution >= 4 is 34.0 Å². The van der Waals surface area contributed by atoms with E-state index in [-0.39, 0.29) is 35.5 Å². The molecule has 23 heavy (non-hydrogen) atoms. The van der Waals surface area contributed by atoms with E-state index >= 15 is 0 Å². The van der Waals surface area contributed by atoms with Gasteiger partial charge in [-0.25, -0.2) is 0 Å². The first kappa shape index (κ1) is 14.6. The van der Waals surface area contributed by atoms with Crippen LogP contribution in [-0.4, -0.2) is 30.1 Å². The normalized spacial score (nSPS) is 31.5. The van der Waals surface area contributed by atoms with Gasteiger partial charge in [-0.15, -0.1) is 0 Å². The standard InChI is InChI=1S/C17H15BrN2O3/c1-23-13-5-4-12(18)7-11(13)8-19-20-16(21)14-9-2-3-10(6-9)15(14)17(20)22/h2-5,7-10,14-15H,6H2,1H3/t9-,10-,14-,15+/m0/s1. The van der Waals surface area contributed by atoms with Crippen molar-refractivity contribution in [1.29, 1.82) is 0 Å². The van der Waals surface area contributed by atoms with Crippen LogP contribution in [0.5, 0.6) is 5.75 Å². The Hall–Kier alpha value is -1.95. The molecule has 3 aliphatic rings. The Morgan fingerprint density at radius 2 is 1.87 bits per heavy atom. The minimum Gasteiger partial charge on any atom is -0.496 e. The molecular weight excluding hydrogens is 360 g/mol. The molecule has 1 heterocycles. The Kier molecular flexibility index (Phi) is 3.37.